The van der Waals surface area contributed by atoms with Crippen LogP contribution in [0.2, 0.25) is 0 Å². The second-order valence-electron chi connectivity index (χ2n) is 4.57. The molecule has 0 unspecified atom stereocenters. The van der Waals surface area contributed by atoms with Crippen molar-refractivity contribution in [2.45, 2.75) is 26.9 Å². The van der Waals surface area contributed by atoms with E-state index in [1.54, 1.807) is 23.6 Å². The van der Waals surface area contributed by atoms with Crippen molar-refractivity contribution in [3.05, 3.63) is 40.3 Å². The molecule has 1 N–H and O–H groups in total. The number of benzene rings is 1. The Hall–Kier alpha value is -1.79. The number of imidazole rings is 1. The summed E-state index contributed by atoms with van der Waals surface area (Å²) in [6, 6.07) is 4.83. The van der Waals surface area contributed by atoms with Crippen molar-refractivity contribution in [1.29, 1.82) is 0 Å². The van der Waals surface area contributed by atoms with Crippen molar-refractivity contribution in [3.8, 4) is 11.3 Å². The number of aliphatic hydroxyl groups excluding tert-OH is 1. The Labute approximate surface area is 119 Å². The summed E-state index contributed by atoms with van der Waals surface area (Å²) >= 11 is 1.51. The zero-order valence-corrected chi connectivity index (χ0v) is 12.0. The highest BCUT2D eigenvalue weighted by atomic mass is 32.1. The van der Waals surface area contributed by atoms with Crippen molar-refractivity contribution in [1.82, 2.24) is 14.6 Å². The molecule has 20 heavy (non-hydrogen) atoms. The van der Waals surface area contributed by atoms with Gasteiger partial charge in [0.1, 0.15) is 10.8 Å². The summed E-state index contributed by atoms with van der Waals surface area (Å²) in [5.41, 5.74) is 2.66. The summed E-state index contributed by atoms with van der Waals surface area (Å²) in [6.45, 7) is 3.59. The molecule has 0 bridgehead atoms. The van der Waals surface area contributed by atoms with E-state index in [0.717, 1.165) is 22.0 Å². The fourth-order valence-electron chi connectivity index (χ4n) is 2.14. The highest BCUT2D eigenvalue weighted by molar-refractivity contribution is 7.16. The Morgan fingerprint density at radius 2 is 2.20 bits per heavy atom. The molecule has 0 spiro atoms. The summed E-state index contributed by atoms with van der Waals surface area (Å²) in [7, 11) is 0. The van der Waals surface area contributed by atoms with Crippen LogP contribution in [0, 0.1) is 12.7 Å². The highest BCUT2D eigenvalue weighted by Gasteiger charge is 2.17. The Morgan fingerprint density at radius 3 is 2.85 bits per heavy atom. The zero-order chi connectivity index (χ0) is 14.3. The molecule has 6 heteroatoms. The molecule has 0 amide bonds. The topological polar surface area (TPSA) is 50.4 Å². The van der Waals surface area contributed by atoms with Crippen LogP contribution in [0.15, 0.2) is 18.2 Å². The van der Waals surface area contributed by atoms with Crippen molar-refractivity contribution in [2.24, 2.45) is 0 Å². The van der Waals surface area contributed by atoms with E-state index in [-0.39, 0.29) is 12.4 Å². The van der Waals surface area contributed by atoms with Crippen molar-refractivity contribution >= 4 is 16.3 Å². The van der Waals surface area contributed by atoms with E-state index in [1.165, 1.54) is 17.4 Å². The Balaban J connectivity index is 2.19. The minimum atomic E-state index is -0.244. The summed E-state index contributed by atoms with van der Waals surface area (Å²) in [4.78, 5) is 5.28. The van der Waals surface area contributed by atoms with E-state index in [4.69, 9.17) is 0 Å². The van der Waals surface area contributed by atoms with Gasteiger partial charge >= 0.3 is 0 Å². The molecule has 2 heterocycles. The molecule has 104 valence electrons. The maximum absolute atomic E-state index is 13.4. The highest BCUT2D eigenvalue weighted by Crippen LogP contribution is 2.28. The van der Waals surface area contributed by atoms with E-state index < -0.39 is 0 Å². The predicted octanol–water partition coefficient (Wildman–Crippen LogP) is 2.96. The minimum absolute atomic E-state index is 0.153. The molecule has 0 saturated carbocycles. The van der Waals surface area contributed by atoms with Crippen LogP contribution in [0.1, 0.15) is 23.2 Å². The third kappa shape index (κ3) is 2.01. The average Bonchev–Trinajstić information content (AvgIpc) is 2.98. The van der Waals surface area contributed by atoms with Gasteiger partial charge in [-0.25, -0.2) is 13.9 Å². The van der Waals surface area contributed by atoms with Gasteiger partial charge < -0.3 is 5.11 Å². The first kappa shape index (κ1) is 13.2. The second-order valence-corrected chi connectivity index (χ2v) is 5.61. The number of hydrogen-bond donors (Lipinski definition) is 1. The lowest BCUT2D eigenvalue weighted by Crippen LogP contribution is -1.96. The maximum Gasteiger partial charge on any atom is 0.213 e. The van der Waals surface area contributed by atoms with E-state index in [1.807, 2.05) is 6.92 Å². The molecular formula is C14H14FN3OS. The van der Waals surface area contributed by atoms with Gasteiger partial charge in [0.2, 0.25) is 4.96 Å². The maximum atomic E-state index is 13.4. The van der Waals surface area contributed by atoms with E-state index in [0.29, 0.717) is 17.0 Å². The van der Waals surface area contributed by atoms with Crippen LogP contribution in [0.3, 0.4) is 0 Å². The van der Waals surface area contributed by atoms with Gasteiger partial charge in [-0.15, -0.1) is 0 Å². The van der Waals surface area contributed by atoms with Gasteiger partial charge in [-0.2, -0.15) is 5.10 Å². The van der Waals surface area contributed by atoms with Crippen LogP contribution < -0.4 is 0 Å². The normalized spacial score (nSPS) is 11.4. The van der Waals surface area contributed by atoms with Crippen LogP contribution in [0.4, 0.5) is 4.39 Å². The number of nitrogens with zero attached hydrogens (tertiary/aromatic N) is 3. The lowest BCUT2D eigenvalue weighted by molar-refractivity contribution is 0.275. The number of halogens is 1. The van der Waals surface area contributed by atoms with Crippen LogP contribution in [-0.4, -0.2) is 19.7 Å². The molecule has 3 rings (SSSR count). The van der Waals surface area contributed by atoms with E-state index in [9.17, 15) is 9.50 Å². The number of fused-ring (bicyclic) bond motifs is 1. The average molecular weight is 291 g/mol. The monoisotopic (exact) mass is 291 g/mol. The lowest BCUT2D eigenvalue weighted by Gasteiger charge is -2.03. The van der Waals surface area contributed by atoms with Gasteiger partial charge in [0.15, 0.2) is 0 Å². The first-order chi connectivity index (χ1) is 9.63. The summed E-state index contributed by atoms with van der Waals surface area (Å²) in [5.74, 6) is -0.244. The largest absolute Gasteiger partial charge is 0.390 e. The Kier molecular flexibility index (Phi) is 3.27. The third-order valence-corrected chi connectivity index (χ3v) is 4.27. The van der Waals surface area contributed by atoms with Gasteiger partial charge in [-0.3, -0.25) is 0 Å². The molecule has 0 aliphatic rings. The van der Waals surface area contributed by atoms with Gasteiger partial charge in [0.25, 0.3) is 0 Å². The molecule has 0 saturated heterocycles. The smallest absolute Gasteiger partial charge is 0.213 e. The van der Waals surface area contributed by atoms with Crippen molar-refractivity contribution in [2.75, 3.05) is 0 Å². The van der Waals surface area contributed by atoms with Gasteiger partial charge in [0.05, 0.1) is 18.0 Å². The number of aryl methyl sites for hydroxylation is 2. The fraction of sp³-hybridized carbons (Fsp3) is 0.286. The Morgan fingerprint density at radius 1 is 1.40 bits per heavy atom. The molecule has 0 aliphatic heterocycles. The lowest BCUT2D eigenvalue weighted by atomic mass is 10.1. The van der Waals surface area contributed by atoms with Crippen LogP contribution in [0.25, 0.3) is 16.2 Å². The van der Waals surface area contributed by atoms with Gasteiger partial charge in [-0.05, 0) is 37.1 Å². The first-order valence-corrected chi connectivity index (χ1v) is 7.20. The number of aliphatic hydroxyl groups is 1. The fourth-order valence-corrected chi connectivity index (χ4v) is 2.99. The first-order valence-electron chi connectivity index (χ1n) is 6.38. The van der Waals surface area contributed by atoms with Crippen LogP contribution >= 0.6 is 11.3 Å². The molecule has 0 radical (unpaired) electrons. The van der Waals surface area contributed by atoms with E-state index >= 15 is 0 Å². The standard InChI is InChI=1S/C14H14FN3OS/c1-3-12-17-18-11(7-19)13(16-14(18)20-12)9-4-5-10(15)8(2)6-9/h4-6,19H,3,7H2,1-2H3. The predicted molar refractivity (Wildman–Crippen MR) is 76.3 cm³/mol. The van der Waals surface area contributed by atoms with Crippen LogP contribution in [0.5, 0.6) is 0 Å². The molecule has 2 aromatic heterocycles. The van der Waals surface area contributed by atoms with Gasteiger partial charge in [0, 0.05) is 5.56 Å². The Bertz CT molecular complexity index is 778. The third-order valence-electron chi connectivity index (χ3n) is 3.22. The molecule has 3 aromatic rings. The molecule has 0 atom stereocenters. The quantitative estimate of drug-likeness (QED) is 0.807. The summed E-state index contributed by atoms with van der Waals surface area (Å²) < 4.78 is 15.0. The molecule has 4 nitrogen and oxygen atoms in total. The molecule has 0 fully saturated rings. The zero-order valence-electron chi connectivity index (χ0n) is 11.2. The summed E-state index contributed by atoms with van der Waals surface area (Å²) in [5, 5.41) is 15.0. The van der Waals surface area contributed by atoms with Gasteiger partial charge in [-0.1, -0.05) is 18.3 Å². The molecule has 1 aromatic carbocycles. The minimum Gasteiger partial charge on any atom is -0.390 e. The number of rotatable bonds is 3. The number of hydrogen-bond acceptors (Lipinski definition) is 4. The molecule has 0 aliphatic carbocycles. The second kappa shape index (κ2) is 4.96. The van der Waals surface area contributed by atoms with E-state index in [2.05, 4.69) is 10.1 Å². The SMILES string of the molecule is CCc1nn2c(CO)c(-c3ccc(F)c(C)c3)nc2s1. The number of aromatic nitrogens is 3. The van der Waals surface area contributed by atoms with Crippen LogP contribution in [-0.2, 0) is 13.0 Å². The van der Waals surface area contributed by atoms with Crippen molar-refractivity contribution < 1.29 is 9.50 Å². The summed E-state index contributed by atoms with van der Waals surface area (Å²) in [6.07, 6.45) is 0.837. The molecular weight excluding hydrogens is 277 g/mol. The van der Waals surface area contributed by atoms with Crippen molar-refractivity contribution in [3.63, 3.8) is 0 Å².